The number of anilines is 4. The van der Waals surface area contributed by atoms with Gasteiger partial charge in [-0.15, -0.1) is 0 Å². The number of methoxy groups -OCH3 is 1. The zero-order valence-corrected chi connectivity index (χ0v) is 76.8. The number of aryl methyl sites for hydroxylation is 1. The summed E-state index contributed by atoms with van der Waals surface area (Å²) >= 11 is 0. The summed E-state index contributed by atoms with van der Waals surface area (Å²) in [5.74, 6) is -5.90. The summed E-state index contributed by atoms with van der Waals surface area (Å²) in [6.45, 7) is 22.5. The molecule has 4 heterocycles. The lowest BCUT2D eigenvalue weighted by Gasteiger charge is -2.31. The Morgan fingerprint density at radius 2 is 1.12 bits per heavy atom. The first-order valence-corrected chi connectivity index (χ1v) is 44.2. The van der Waals surface area contributed by atoms with Crippen molar-refractivity contribution in [1.29, 1.82) is 0 Å². The molecule has 2 fully saturated rings. The third kappa shape index (κ3) is 34.5. The SMILES string of the molecule is C=C1C[C@H]2C(O)N(C(=O)OCc3ccc(NC(=O)[C@H](C)CC(=O)[C@H](C)NC(=O)CCOCCOCCOCCN=[N+]=[N-])cc3)c3cc(OCCCOc4cc5c(cc4OC)C(=O)N4CCC[C@H]4CN5C(=O)OCc4ccc(NC(=O)[C@H](CC(=O)OC(C)(C)C)CC(=O)[C@H](CCCCNC(=O)OC(C)(C)C)NC(=O)CCOCCOCCOCCN=[N+]=[N-])cc4)c(C)cc3C(=O)N2C1. The van der Waals surface area contributed by atoms with Crippen molar-refractivity contribution in [3.05, 3.63) is 134 Å². The minimum Gasteiger partial charge on any atom is -0.493 e. The van der Waals surface area contributed by atoms with Gasteiger partial charge in [-0.25, -0.2) is 19.3 Å². The van der Waals surface area contributed by atoms with Crippen molar-refractivity contribution in [1.82, 2.24) is 25.8 Å². The number of fused-ring (bicyclic) bond motifs is 4. The maximum Gasteiger partial charge on any atom is 0.416 e. The Bertz CT molecular complexity index is 4700. The number of azide groups is 2. The van der Waals surface area contributed by atoms with Crippen molar-refractivity contribution in [3.63, 3.8) is 0 Å². The molecule has 4 aromatic rings. The highest BCUT2D eigenvalue weighted by molar-refractivity contribution is 6.07. The van der Waals surface area contributed by atoms with Crippen molar-refractivity contribution in [2.45, 2.75) is 194 Å². The van der Waals surface area contributed by atoms with Gasteiger partial charge in [-0.1, -0.05) is 53.6 Å². The molecule has 2 saturated heterocycles. The molecule has 7 atom stereocenters. The van der Waals surface area contributed by atoms with Crippen LogP contribution in [0, 0.1) is 18.8 Å². The van der Waals surface area contributed by atoms with Crippen LogP contribution in [0.5, 0.6) is 17.2 Å². The van der Waals surface area contributed by atoms with Crippen LogP contribution in [0.4, 0.5) is 37.1 Å². The van der Waals surface area contributed by atoms with Gasteiger partial charge in [0.1, 0.15) is 30.2 Å². The third-order valence-corrected chi connectivity index (χ3v) is 21.2. The summed E-state index contributed by atoms with van der Waals surface area (Å²) in [7, 11) is 1.42. The van der Waals surface area contributed by atoms with Gasteiger partial charge >= 0.3 is 24.2 Å². The number of ketones is 2. The van der Waals surface area contributed by atoms with E-state index in [0.717, 1.165) is 4.90 Å². The molecule has 4 aliphatic heterocycles. The molecule has 41 nitrogen and oxygen atoms in total. The number of hydrogen-bond donors (Lipinski definition) is 6. The number of Topliss-reactive ketones (excluding diaryl/α,β-unsaturated/α-hetero) is 2. The summed E-state index contributed by atoms with van der Waals surface area (Å²) < 4.78 is 73.7. The van der Waals surface area contributed by atoms with Crippen LogP contribution in [-0.4, -0.2) is 267 Å². The molecule has 1 unspecified atom stereocenters. The van der Waals surface area contributed by atoms with E-state index < -0.39 is 120 Å². The number of hydrogen-bond acceptors (Lipinski definition) is 28. The zero-order valence-electron chi connectivity index (χ0n) is 76.8. The van der Waals surface area contributed by atoms with Crippen LogP contribution in [-0.2, 0) is 94.1 Å². The van der Waals surface area contributed by atoms with Crippen LogP contribution in [0.15, 0.2) is 95.2 Å². The second-order valence-corrected chi connectivity index (χ2v) is 34.0. The number of ether oxygens (including phenoxy) is 13. The molecular weight excluding hydrogens is 1720 g/mol. The largest absolute Gasteiger partial charge is 0.493 e. The minimum absolute atomic E-state index is 0.00213. The predicted octanol–water partition coefficient (Wildman–Crippen LogP) is 10.8. The molecular formula is C91H125N15O26. The first-order valence-electron chi connectivity index (χ1n) is 44.2. The van der Waals surface area contributed by atoms with E-state index in [-0.39, 0.29) is 227 Å². The first-order chi connectivity index (χ1) is 63.1. The average Bonchev–Trinajstić information content (AvgIpc) is 1.60. The normalized spacial score (nSPS) is 16.0. The molecule has 0 bridgehead atoms. The van der Waals surface area contributed by atoms with Gasteiger partial charge in [-0.05, 0) is 158 Å². The number of benzene rings is 4. The summed E-state index contributed by atoms with van der Waals surface area (Å²) in [6, 6.07) is 15.7. The first kappa shape index (κ1) is 105. The lowest BCUT2D eigenvalue weighted by molar-refractivity contribution is -0.157. The Kier molecular flexibility index (Phi) is 42.5. The van der Waals surface area contributed by atoms with Gasteiger partial charge in [-0.2, -0.15) is 0 Å². The van der Waals surface area contributed by atoms with Gasteiger partial charge in [0.05, 0.1) is 159 Å². The van der Waals surface area contributed by atoms with Gasteiger partial charge in [0, 0.05) is 111 Å². The fourth-order valence-corrected chi connectivity index (χ4v) is 14.5. The summed E-state index contributed by atoms with van der Waals surface area (Å²) in [5.41, 5.74) is 18.4. The van der Waals surface area contributed by atoms with Gasteiger partial charge in [0.2, 0.25) is 23.6 Å². The quantitative estimate of drug-likeness (QED) is 0.00455. The second kappa shape index (κ2) is 53.3. The van der Waals surface area contributed by atoms with Crippen LogP contribution >= 0.6 is 0 Å². The van der Waals surface area contributed by atoms with Crippen molar-refractivity contribution in [2.24, 2.45) is 22.1 Å². The standard InChI is InChI=1S/C91H125N15O26/c1-58-46-73-86(116)106(89(119)130-57-63-18-22-65(23-19-63)98-82(112)60(3)48-74(107)61(4)97-79(109)26-34-121-38-42-125-44-40-123-36-29-95-101-92)72-53-76(59(2)47-68(72)85(115)104(73)54-58)127-32-15-33-128-78-52-71-69(51-77(78)120-11)84(114)103-31-14-16-67(103)55-105(71)88(118)129-56-62-20-24-66(25-21-62)99-83(113)64(50-81(111)131-90(5,6)7)49-75(108)70(17-12-13-28-94-87(117)132-91(8,9)10)100-80(110)27-35-122-39-43-126-45-41-124-37-30-96-102-93/h18-25,47,51-53,60-61,64,67,70,73,86,116H,1,12-17,26-46,48-50,54-57H2,2-11H3,(H,94,117)(H,97,109)(H,98,112)(H,99,113)(H,100,110)/t60-,61+,64+,67+,70+,73+,86?/m1/s1. The van der Waals surface area contributed by atoms with Crippen LogP contribution in [0.1, 0.15) is 170 Å². The minimum atomic E-state index is -1.59. The molecule has 720 valence electrons. The summed E-state index contributed by atoms with van der Waals surface area (Å²) in [4.78, 5) is 176. The molecule has 4 aliphatic rings. The highest BCUT2D eigenvalue weighted by Gasteiger charge is 2.47. The van der Waals surface area contributed by atoms with E-state index in [9.17, 15) is 62.6 Å². The maximum atomic E-state index is 14.6. The summed E-state index contributed by atoms with van der Waals surface area (Å²) in [6.07, 6.45) is -2.66. The van der Waals surface area contributed by atoms with E-state index in [2.05, 4.69) is 53.2 Å². The molecule has 4 aromatic carbocycles. The lowest BCUT2D eigenvalue weighted by Crippen LogP contribution is -2.50. The smallest absolute Gasteiger partial charge is 0.416 e. The van der Waals surface area contributed by atoms with Crippen LogP contribution in [0.3, 0.4) is 0 Å². The number of nitrogens with one attached hydrogen (secondary N) is 5. The molecule has 0 radical (unpaired) electrons. The third-order valence-electron chi connectivity index (χ3n) is 21.2. The Morgan fingerprint density at radius 3 is 1.70 bits per heavy atom. The fraction of sp³-hybridized carbons (Fsp3) is 0.582. The topological polar surface area (TPSA) is 516 Å². The number of esters is 1. The maximum absolute atomic E-state index is 14.6. The van der Waals surface area contributed by atoms with Gasteiger partial charge in [0.15, 0.2) is 29.3 Å². The van der Waals surface area contributed by atoms with E-state index in [4.69, 9.17) is 72.6 Å². The van der Waals surface area contributed by atoms with Crippen LogP contribution in [0.2, 0.25) is 0 Å². The van der Waals surface area contributed by atoms with Gasteiger partial charge < -0.3 is 103 Å². The average molecular weight is 1850 g/mol. The number of unbranched alkanes of at least 4 members (excludes halogenated alkanes) is 1. The van der Waals surface area contributed by atoms with Crippen molar-refractivity contribution < 1.29 is 124 Å². The highest BCUT2D eigenvalue weighted by atomic mass is 16.6. The Morgan fingerprint density at radius 1 is 0.591 bits per heavy atom. The van der Waals surface area contributed by atoms with E-state index in [1.165, 1.54) is 36.0 Å². The van der Waals surface area contributed by atoms with Crippen molar-refractivity contribution in [2.75, 3.05) is 159 Å². The lowest BCUT2D eigenvalue weighted by atomic mass is 9.92. The Labute approximate surface area is 767 Å². The van der Waals surface area contributed by atoms with E-state index in [0.29, 0.717) is 73.4 Å². The molecule has 0 spiro atoms. The van der Waals surface area contributed by atoms with E-state index >= 15 is 0 Å². The molecule has 6 N–H and O–H groups in total. The van der Waals surface area contributed by atoms with E-state index in [1.54, 1.807) is 121 Å². The number of carbonyl (C=O) groups excluding carboxylic acids is 12. The number of rotatable bonds is 54. The number of aliphatic hydroxyl groups excluding tert-OH is 1. The molecule has 41 heteroatoms. The molecule has 9 amide bonds. The number of carbonyl (C=O) groups is 12. The van der Waals surface area contributed by atoms with Crippen molar-refractivity contribution in [3.8, 4) is 17.2 Å². The fourth-order valence-electron chi connectivity index (χ4n) is 14.5. The van der Waals surface area contributed by atoms with Gasteiger partial charge in [0.25, 0.3) is 11.8 Å². The monoisotopic (exact) mass is 1840 g/mol. The van der Waals surface area contributed by atoms with E-state index in [1.807, 2.05) is 0 Å². The van der Waals surface area contributed by atoms with Crippen LogP contribution < -0.4 is 50.6 Å². The molecule has 0 aliphatic carbocycles. The number of nitrogens with zero attached hydrogens (tertiary/aromatic N) is 10. The number of aliphatic hydroxyl groups is 1. The second-order valence-electron chi connectivity index (χ2n) is 34.0. The number of alkyl carbamates (subject to hydrolysis) is 1. The van der Waals surface area contributed by atoms with Gasteiger partial charge in [-0.3, -0.25) is 48.1 Å². The molecule has 132 heavy (non-hydrogen) atoms. The number of amides is 9. The highest BCUT2D eigenvalue weighted by Crippen LogP contribution is 2.42. The van der Waals surface area contributed by atoms with Crippen molar-refractivity contribution >= 4 is 94.0 Å². The Balaban J connectivity index is 0.858. The molecule has 0 saturated carbocycles. The summed E-state index contributed by atoms with van der Waals surface area (Å²) in [5, 5.41) is 32.6. The molecule has 8 rings (SSSR count). The van der Waals surface area contributed by atoms with Crippen LogP contribution in [0.25, 0.3) is 20.9 Å². The Hall–Kier alpha value is -12.2. The predicted molar refractivity (Wildman–Crippen MR) is 481 cm³/mol. The zero-order chi connectivity index (χ0) is 95.9. The molecule has 0 aromatic heterocycles.